The van der Waals surface area contributed by atoms with Crippen LogP contribution in [-0.4, -0.2) is 27.8 Å². The molecule has 0 radical (unpaired) electrons. The monoisotopic (exact) mass is 326 g/mol. The minimum atomic E-state index is -0.899. The second-order valence-electron chi connectivity index (χ2n) is 5.98. The average Bonchev–Trinajstić information content (AvgIpc) is 2.87. The number of amides is 1. The number of ketones is 1. The van der Waals surface area contributed by atoms with Gasteiger partial charge in [-0.25, -0.2) is 0 Å². The summed E-state index contributed by atoms with van der Waals surface area (Å²) in [6.45, 7) is 1.78. The molecule has 0 atom stereocenters. The number of fused-ring (bicyclic) bond motifs is 1. The number of aliphatic carboxylic acids is 1. The number of carbonyl (C=O) groups excluding carboxylic acids is 2. The van der Waals surface area contributed by atoms with Crippen LogP contribution in [0.25, 0.3) is 0 Å². The van der Waals surface area contributed by atoms with Gasteiger partial charge < -0.3 is 15.4 Å². The van der Waals surface area contributed by atoms with E-state index in [4.69, 9.17) is 5.11 Å². The SMILES string of the molecule is Cc1c(C(=O)Nc2ccc(CC(=O)O)cc2)[nH]c2c1C(=O)CCC2. The van der Waals surface area contributed by atoms with E-state index in [1.54, 1.807) is 31.2 Å². The average molecular weight is 326 g/mol. The summed E-state index contributed by atoms with van der Waals surface area (Å²) in [6, 6.07) is 6.67. The van der Waals surface area contributed by atoms with Crippen LogP contribution >= 0.6 is 0 Å². The number of carboxylic acid groups (broad SMARTS) is 1. The van der Waals surface area contributed by atoms with E-state index in [-0.39, 0.29) is 18.1 Å². The Balaban J connectivity index is 1.78. The minimum absolute atomic E-state index is 0.0568. The number of carbonyl (C=O) groups is 3. The molecule has 6 nitrogen and oxygen atoms in total. The molecule has 0 fully saturated rings. The van der Waals surface area contributed by atoms with Crippen molar-refractivity contribution in [3.8, 4) is 0 Å². The fourth-order valence-corrected chi connectivity index (χ4v) is 3.08. The summed E-state index contributed by atoms with van der Waals surface area (Å²) in [6.07, 6.45) is 2.05. The Morgan fingerprint density at radius 1 is 1.21 bits per heavy atom. The number of Topliss-reactive ketones (excluding diaryl/α,β-unsaturated/α-hetero) is 1. The molecule has 24 heavy (non-hydrogen) atoms. The van der Waals surface area contributed by atoms with Crippen LogP contribution in [0.3, 0.4) is 0 Å². The van der Waals surface area contributed by atoms with Crippen LogP contribution < -0.4 is 5.32 Å². The molecular formula is C18H18N2O4. The highest BCUT2D eigenvalue weighted by Crippen LogP contribution is 2.27. The number of rotatable bonds is 4. The molecule has 0 saturated heterocycles. The van der Waals surface area contributed by atoms with Gasteiger partial charge in [-0.05, 0) is 43.0 Å². The molecule has 0 saturated carbocycles. The Morgan fingerprint density at radius 2 is 1.92 bits per heavy atom. The van der Waals surface area contributed by atoms with Crippen molar-refractivity contribution in [3.63, 3.8) is 0 Å². The van der Waals surface area contributed by atoms with Crippen LogP contribution in [0.4, 0.5) is 5.69 Å². The highest BCUT2D eigenvalue weighted by Gasteiger charge is 2.26. The Bertz CT molecular complexity index is 818. The summed E-state index contributed by atoms with van der Waals surface area (Å²) in [7, 11) is 0. The van der Waals surface area contributed by atoms with Gasteiger partial charge >= 0.3 is 5.97 Å². The fraction of sp³-hybridized carbons (Fsp3) is 0.278. The quantitative estimate of drug-likeness (QED) is 0.804. The minimum Gasteiger partial charge on any atom is -0.481 e. The Kier molecular flexibility index (Phi) is 4.20. The van der Waals surface area contributed by atoms with Gasteiger partial charge in [0.25, 0.3) is 5.91 Å². The van der Waals surface area contributed by atoms with E-state index >= 15 is 0 Å². The number of anilines is 1. The highest BCUT2D eigenvalue weighted by molar-refractivity contribution is 6.08. The van der Waals surface area contributed by atoms with Crippen LogP contribution in [0.2, 0.25) is 0 Å². The summed E-state index contributed by atoms with van der Waals surface area (Å²) < 4.78 is 0. The number of benzene rings is 1. The number of hydrogen-bond donors (Lipinski definition) is 3. The maximum absolute atomic E-state index is 12.5. The summed E-state index contributed by atoms with van der Waals surface area (Å²) >= 11 is 0. The fourth-order valence-electron chi connectivity index (χ4n) is 3.08. The predicted molar refractivity (Wildman–Crippen MR) is 88.5 cm³/mol. The Morgan fingerprint density at radius 3 is 2.54 bits per heavy atom. The Labute approximate surface area is 138 Å². The molecule has 1 heterocycles. The van der Waals surface area contributed by atoms with Gasteiger partial charge in [-0.15, -0.1) is 0 Å². The van der Waals surface area contributed by atoms with Crippen LogP contribution in [0, 0.1) is 6.92 Å². The van der Waals surface area contributed by atoms with Crippen LogP contribution in [0.5, 0.6) is 0 Å². The van der Waals surface area contributed by atoms with Gasteiger partial charge in [-0.2, -0.15) is 0 Å². The zero-order chi connectivity index (χ0) is 17.3. The number of H-pyrrole nitrogens is 1. The summed E-state index contributed by atoms with van der Waals surface area (Å²) in [5, 5.41) is 11.5. The van der Waals surface area contributed by atoms with Crippen molar-refractivity contribution in [2.24, 2.45) is 0 Å². The molecule has 3 N–H and O–H groups in total. The van der Waals surface area contributed by atoms with E-state index in [9.17, 15) is 14.4 Å². The van der Waals surface area contributed by atoms with Gasteiger partial charge in [-0.3, -0.25) is 14.4 Å². The van der Waals surface area contributed by atoms with Gasteiger partial charge in [0, 0.05) is 23.4 Å². The molecule has 1 aromatic carbocycles. The molecule has 6 heteroatoms. The third kappa shape index (κ3) is 3.08. The van der Waals surface area contributed by atoms with Gasteiger partial charge in [0.15, 0.2) is 5.78 Å². The van der Waals surface area contributed by atoms with Crippen LogP contribution in [-0.2, 0) is 17.6 Å². The normalized spacial score (nSPS) is 13.5. The van der Waals surface area contributed by atoms with E-state index in [1.807, 2.05) is 0 Å². The molecule has 2 aromatic rings. The molecule has 124 valence electrons. The second-order valence-corrected chi connectivity index (χ2v) is 5.98. The molecule has 0 unspecified atom stereocenters. The van der Waals surface area contributed by atoms with Gasteiger partial charge in [0.05, 0.1) is 6.42 Å². The first-order valence-electron chi connectivity index (χ1n) is 7.82. The van der Waals surface area contributed by atoms with Crippen molar-refractivity contribution in [2.75, 3.05) is 5.32 Å². The van der Waals surface area contributed by atoms with E-state index < -0.39 is 5.97 Å². The molecule has 1 aromatic heterocycles. The topological polar surface area (TPSA) is 99.3 Å². The lowest BCUT2D eigenvalue weighted by molar-refractivity contribution is -0.136. The predicted octanol–water partition coefficient (Wildman–Crippen LogP) is 2.72. The number of nitrogens with one attached hydrogen (secondary N) is 2. The van der Waals surface area contributed by atoms with Gasteiger partial charge in [-0.1, -0.05) is 12.1 Å². The third-order valence-electron chi connectivity index (χ3n) is 4.23. The van der Waals surface area contributed by atoms with Crippen molar-refractivity contribution < 1.29 is 19.5 Å². The number of hydrogen-bond acceptors (Lipinski definition) is 3. The van der Waals surface area contributed by atoms with Crippen molar-refractivity contribution >= 4 is 23.3 Å². The Hall–Kier alpha value is -2.89. The second kappa shape index (κ2) is 6.31. The number of aromatic amines is 1. The summed E-state index contributed by atoms with van der Waals surface area (Å²) in [5.74, 6) is -1.12. The van der Waals surface area contributed by atoms with Gasteiger partial charge in [0.2, 0.25) is 0 Å². The molecular weight excluding hydrogens is 308 g/mol. The standard InChI is InChI=1S/C18H18N2O4/c1-10-16-13(3-2-4-14(16)21)20-17(10)18(24)19-12-7-5-11(6-8-12)9-15(22)23/h5-8,20H,2-4,9H2,1H3,(H,19,24)(H,22,23). The van der Waals surface area contributed by atoms with Gasteiger partial charge in [0.1, 0.15) is 5.69 Å². The highest BCUT2D eigenvalue weighted by atomic mass is 16.4. The van der Waals surface area contributed by atoms with Crippen molar-refractivity contribution in [1.82, 2.24) is 4.98 Å². The number of aromatic nitrogens is 1. The van der Waals surface area contributed by atoms with Crippen molar-refractivity contribution in [2.45, 2.75) is 32.6 Å². The van der Waals surface area contributed by atoms with Crippen molar-refractivity contribution in [1.29, 1.82) is 0 Å². The van der Waals surface area contributed by atoms with Crippen LogP contribution in [0.1, 0.15) is 50.5 Å². The maximum Gasteiger partial charge on any atom is 0.307 e. The zero-order valence-electron chi connectivity index (χ0n) is 13.3. The maximum atomic E-state index is 12.5. The first-order valence-corrected chi connectivity index (χ1v) is 7.82. The largest absolute Gasteiger partial charge is 0.481 e. The molecule has 3 rings (SSSR count). The lowest BCUT2D eigenvalue weighted by atomic mass is 9.94. The lowest BCUT2D eigenvalue weighted by Gasteiger charge is -2.09. The third-order valence-corrected chi connectivity index (χ3v) is 4.23. The molecule has 0 spiro atoms. The van der Waals surface area contributed by atoms with E-state index in [0.717, 1.165) is 18.5 Å². The number of carboxylic acids is 1. The first-order chi connectivity index (χ1) is 11.5. The van der Waals surface area contributed by atoms with E-state index in [2.05, 4.69) is 10.3 Å². The zero-order valence-corrected chi connectivity index (χ0v) is 13.3. The van der Waals surface area contributed by atoms with E-state index in [1.165, 1.54) is 0 Å². The lowest BCUT2D eigenvalue weighted by Crippen LogP contribution is -2.14. The summed E-state index contributed by atoms with van der Waals surface area (Å²) in [4.78, 5) is 38.3. The molecule has 0 bridgehead atoms. The number of aryl methyl sites for hydroxylation is 1. The van der Waals surface area contributed by atoms with Crippen molar-refractivity contribution in [3.05, 3.63) is 52.3 Å². The van der Waals surface area contributed by atoms with E-state index in [0.29, 0.717) is 34.5 Å². The molecule has 1 amide bonds. The smallest absolute Gasteiger partial charge is 0.307 e. The summed E-state index contributed by atoms with van der Waals surface area (Å²) in [5.41, 5.74) is 3.83. The first kappa shape index (κ1) is 16.0. The molecule has 0 aliphatic heterocycles. The van der Waals surface area contributed by atoms with Crippen LogP contribution in [0.15, 0.2) is 24.3 Å². The molecule has 1 aliphatic carbocycles. The molecule has 1 aliphatic rings.